The normalized spacial score (nSPS) is 19.1. The fraction of sp³-hybridized carbons (Fsp3) is 0.533. The van der Waals surface area contributed by atoms with Crippen molar-refractivity contribution in [2.24, 2.45) is 0 Å². The number of carbonyl (C=O) groups excluding carboxylic acids is 1. The maximum atomic E-state index is 12.5. The summed E-state index contributed by atoms with van der Waals surface area (Å²) < 4.78 is 2.72. The van der Waals surface area contributed by atoms with Crippen LogP contribution in [0.1, 0.15) is 32.6 Å². The SMILES string of the molecule is CCC1CCCCN1C(=O)Cn1nc2ccccn2c1=O. The van der Waals surface area contributed by atoms with Crippen LogP contribution in [0.25, 0.3) is 5.65 Å². The van der Waals surface area contributed by atoms with Gasteiger partial charge in [-0.2, -0.15) is 0 Å². The fourth-order valence-corrected chi connectivity index (χ4v) is 3.04. The summed E-state index contributed by atoms with van der Waals surface area (Å²) in [6.45, 7) is 2.92. The van der Waals surface area contributed by atoms with Crippen LogP contribution in [-0.2, 0) is 11.3 Å². The predicted molar refractivity (Wildman–Crippen MR) is 79.1 cm³/mol. The number of nitrogens with zero attached hydrogens (tertiary/aromatic N) is 4. The van der Waals surface area contributed by atoms with Crippen LogP contribution in [0.5, 0.6) is 0 Å². The van der Waals surface area contributed by atoms with Crippen molar-refractivity contribution in [3.05, 3.63) is 34.9 Å². The van der Waals surface area contributed by atoms with Gasteiger partial charge in [-0.15, -0.1) is 5.10 Å². The van der Waals surface area contributed by atoms with E-state index >= 15 is 0 Å². The highest BCUT2D eigenvalue weighted by Gasteiger charge is 2.26. The molecule has 6 nitrogen and oxygen atoms in total. The largest absolute Gasteiger partial charge is 0.350 e. The first kappa shape index (κ1) is 13.9. The summed E-state index contributed by atoms with van der Waals surface area (Å²) in [6.07, 6.45) is 5.91. The summed E-state index contributed by atoms with van der Waals surface area (Å²) >= 11 is 0. The molecule has 0 N–H and O–H groups in total. The van der Waals surface area contributed by atoms with Gasteiger partial charge in [0, 0.05) is 18.8 Å². The Morgan fingerprint density at radius 3 is 3.00 bits per heavy atom. The van der Waals surface area contributed by atoms with Crippen molar-refractivity contribution in [1.82, 2.24) is 19.1 Å². The number of rotatable bonds is 3. The first-order valence-corrected chi connectivity index (χ1v) is 7.54. The molecule has 1 fully saturated rings. The number of hydrogen-bond acceptors (Lipinski definition) is 3. The molecule has 21 heavy (non-hydrogen) atoms. The molecule has 6 heteroatoms. The molecule has 1 saturated heterocycles. The molecule has 0 saturated carbocycles. The molecular formula is C15H20N4O2. The van der Waals surface area contributed by atoms with Crippen molar-refractivity contribution < 1.29 is 4.79 Å². The van der Waals surface area contributed by atoms with Crippen molar-refractivity contribution >= 4 is 11.6 Å². The number of piperidine rings is 1. The molecular weight excluding hydrogens is 268 g/mol. The molecule has 1 atom stereocenters. The maximum absolute atomic E-state index is 12.5. The highest BCUT2D eigenvalue weighted by atomic mass is 16.2. The fourth-order valence-electron chi connectivity index (χ4n) is 3.04. The summed E-state index contributed by atoms with van der Waals surface area (Å²) in [7, 11) is 0. The van der Waals surface area contributed by atoms with Gasteiger partial charge in [0.05, 0.1) is 0 Å². The summed E-state index contributed by atoms with van der Waals surface area (Å²) in [6, 6.07) is 5.67. The van der Waals surface area contributed by atoms with Crippen molar-refractivity contribution in [3.63, 3.8) is 0 Å². The number of fused-ring (bicyclic) bond motifs is 1. The minimum absolute atomic E-state index is 0.00736. The van der Waals surface area contributed by atoms with E-state index in [2.05, 4.69) is 12.0 Å². The molecule has 0 radical (unpaired) electrons. The number of aromatic nitrogens is 3. The van der Waals surface area contributed by atoms with Gasteiger partial charge >= 0.3 is 5.69 Å². The monoisotopic (exact) mass is 288 g/mol. The minimum Gasteiger partial charge on any atom is -0.338 e. The van der Waals surface area contributed by atoms with E-state index in [9.17, 15) is 9.59 Å². The van der Waals surface area contributed by atoms with Crippen LogP contribution in [0.15, 0.2) is 29.2 Å². The smallest absolute Gasteiger partial charge is 0.338 e. The second kappa shape index (κ2) is 5.71. The third-order valence-corrected chi connectivity index (χ3v) is 4.19. The van der Waals surface area contributed by atoms with E-state index < -0.39 is 0 Å². The highest BCUT2D eigenvalue weighted by molar-refractivity contribution is 5.76. The maximum Gasteiger partial charge on any atom is 0.350 e. The second-order valence-electron chi connectivity index (χ2n) is 5.51. The predicted octanol–water partition coefficient (Wildman–Crippen LogP) is 1.29. The van der Waals surface area contributed by atoms with Crippen LogP contribution < -0.4 is 5.69 Å². The highest BCUT2D eigenvalue weighted by Crippen LogP contribution is 2.19. The average molecular weight is 288 g/mol. The summed E-state index contributed by atoms with van der Waals surface area (Å²) in [5, 5.41) is 4.22. The lowest BCUT2D eigenvalue weighted by atomic mass is 10.00. The van der Waals surface area contributed by atoms with Gasteiger partial charge in [-0.25, -0.2) is 9.48 Å². The van der Waals surface area contributed by atoms with E-state index in [1.165, 1.54) is 15.5 Å². The zero-order valence-corrected chi connectivity index (χ0v) is 12.2. The number of pyridine rings is 1. The Labute approximate surface area is 123 Å². The van der Waals surface area contributed by atoms with Gasteiger partial charge in [-0.1, -0.05) is 13.0 Å². The molecule has 1 aliphatic heterocycles. The number of amides is 1. The number of hydrogen-bond donors (Lipinski definition) is 0. The lowest BCUT2D eigenvalue weighted by Crippen LogP contribution is -2.45. The van der Waals surface area contributed by atoms with Gasteiger partial charge in [0.25, 0.3) is 0 Å². The lowest BCUT2D eigenvalue weighted by Gasteiger charge is -2.35. The molecule has 1 unspecified atom stereocenters. The standard InChI is InChI=1S/C15H20N4O2/c1-2-12-7-3-5-9-17(12)14(20)11-19-15(21)18-10-6-4-8-13(18)16-19/h4,6,8,10,12H,2-3,5,7,9,11H2,1H3. The van der Waals surface area contributed by atoms with Gasteiger partial charge in [0.2, 0.25) is 5.91 Å². The molecule has 0 aromatic carbocycles. The Morgan fingerprint density at radius 2 is 2.24 bits per heavy atom. The zero-order valence-electron chi connectivity index (χ0n) is 12.2. The van der Waals surface area contributed by atoms with Crippen molar-refractivity contribution in [3.8, 4) is 0 Å². The molecule has 3 rings (SSSR count). The van der Waals surface area contributed by atoms with Gasteiger partial charge < -0.3 is 4.90 Å². The van der Waals surface area contributed by atoms with Crippen LogP contribution in [-0.4, -0.2) is 37.6 Å². The van der Waals surface area contributed by atoms with Crippen molar-refractivity contribution in [1.29, 1.82) is 0 Å². The van der Waals surface area contributed by atoms with Crippen LogP contribution in [0.2, 0.25) is 0 Å². The van der Waals surface area contributed by atoms with E-state index in [-0.39, 0.29) is 18.1 Å². The minimum atomic E-state index is -0.260. The van der Waals surface area contributed by atoms with E-state index in [4.69, 9.17) is 0 Å². The quantitative estimate of drug-likeness (QED) is 0.855. The molecule has 2 aromatic heterocycles. The van der Waals surface area contributed by atoms with Crippen LogP contribution in [0, 0.1) is 0 Å². The lowest BCUT2D eigenvalue weighted by molar-refractivity contribution is -0.135. The first-order valence-electron chi connectivity index (χ1n) is 7.54. The van der Waals surface area contributed by atoms with Crippen molar-refractivity contribution in [2.75, 3.05) is 6.54 Å². The van der Waals surface area contributed by atoms with E-state index in [0.29, 0.717) is 11.7 Å². The Balaban J connectivity index is 1.82. The van der Waals surface area contributed by atoms with E-state index in [0.717, 1.165) is 25.8 Å². The Hall–Kier alpha value is -2.11. The molecule has 3 heterocycles. The van der Waals surface area contributed by atoms with Crippen LogP contribution in [0.4, 0.5) is 0 Å². The third kappa shape index (κ3) is 2.57. The van der Waals surface area contributed by atoms with E-state index in [1.807, 2.05) is 11.0 Å². The third-order valence-electron chi connectivity index (χ3n) is 4.19. The molecule has 1 amide bonds. The first-order chi connectivity index (χ1) is 10.2. The Bertz CT molecular complexity index is 703. The molecule has 0 aliphatic carbocycles. The van der Waals surface area contributed by atoms with Crippen LogP contribution >= 0.6 is 0 Å². The zero-order chi connectivity index (χ0) is 14.8. The second-order valence-corrected chi connectivity index (χ2v) is 5.51. The molecule has 1 aliphatic rings. The van der Waals surface area contributed by atoms with Crippen LogP contribution in [0.3, 0.4) is 0 Å². The van der Waals surface area contributed by atoms with Gasteiger partial charge in [-0.05, 0) is 37.8 Å². The van der Waals surface area contributed by atoms with Gasteiger partial charge in [0.1, 0.15) is 6.54 Å². The Kier molecular flexibility index (Phi) is 3.77. The van der Waals surface area contributed by atoms with E-state index in [1.54, 1.807) is 18.3 Å². The molecule has 0 spiro atoms. The number of likely N-dealkylation sites (tertiary alicyclic amines) is 1. The molecule has 0 bridgehead atoms. The summed E-state index contributed by atoms with van der Waals surface area (Å²) in [5.41, 5.74) is 0.310. The van der Waals surface area contributed by atoms with Gasteiger partial charge in [0.15, 0.2) is 5.65 Å². The van der Waals surface area contributed by atoms with Crippen molar-refractivity contribution in [2.45, 2.75) is 45.2 Å². The Morgan fingerprint density at radius 1 is 1.38 bits per heavy atom. The summed E-state index contributed by atoms with van der Waals surface area (Å²) in [5.74, 6) is -0.00736. The number of carbonyl (C=O) groups is 1. The summed E-state index contributed by atoms with van der Waals surface area (Å²) in [4.78, 5) is 26.6. The molecule has 2 aromatic rings. The van der Waals surface area contributed by atoms with Gasteiger partial charge in [-0.3, -0.25) is 9.20 Å². The average Bonchev–Trinajstić information content (AvgIpc) is 2.84. The topological polar surface area (TPSA) is 59.6 Å². The molecule has 112 valence electrons.